The molecule has 0 saturated carbocycles. The van der Waals surface area contributed by atoms with E-state index < -0.39 is 16.1 Å². The van der Waals surface area contributed by atoms with Gasteiger partial charge in [0.2, 0.25) is 0 Å². The van der Waals surface area contributed by atoms with Gasteiger partial charge in [-0.05, 0) is 66.9 Å². The molecule has 2 heterocycles. The molecule has 0 aliphatic heterocycles. The maximum absolute atomic E-state index is 11.4. The molecular formula is C31H26CuN8O9S2. The number of carboxylic acid groups (broad SMARTS) is 1. The Hall–Kier alpha value is -5.31. The summed E-state index contributed by atoms with van der Waals surface area (Å²) in [5.74, 6) is -0.935. The van der Waals surface area contributed by atoms with Crippen LogP contribution in [0.2, 0.25) is 0 Å². The molecule has 6 rings (SSSR count). The van der Waals surface area contributed by atoms with Gasteiger partial charge in [0.05, 0.1) is 44.4 Å². The van der Waals surface area contributed by atoms with Crippen molar-refractivity contribution in [1.82, 2.24) is 14.8 Å². The zero-order valence-corrected chi connectivity index (χ0v) is 28.8. The number of carboxylic acids is 1. The molecule has 4 aromatic carbocycles. The number of hydrogen-bond acceptors (Lipinski definition) is 15. The Morgan fingerprint density at radius 2 is 1.63 bits per heavy atom. The minimum Gasteiger partial charge on any atom is -0.505 e. The van der Waals surface area contributed by atoms with Gasteiger partial charge in [0.25, 0.3) is 16.1 Å². The fourth-order valence-corrected chi connectivity index (χ4v) is 5.58. The molecule has 17 nitrogen and oxygen atoms in total. The number of phenols is 1. The number of aromatic hydroxyl groups is 1. The quantitative estimate of drug-likeness (QED) is 0.0235. The van der Waals surface area contributed by atoms with Crippen LogP contribution in [-0.2, 0) is 41.4 Å². The first-order valence-corrected chi connectivity index (χ1v) is 16.3. The van der Waals surface area contributed by atoms with E-state index >= 15 is 0 Å². The minimum absolute atomic E-state index is 0. The molecule has 0 fully saturated rings. The van der Waals surface area contributed by atoms with Crippen LogP contribution < -0.4 is 5.73 Å². The number of para-hydroxylation sites is 1. The summed E-state index contributed by atoms with van der Waals surface area (Å²) in [5, 5.41) is 54.6. The molecule has 51 heavy (non-hydrogen) atoms. The number of benzene rings is 4. The van der Waals surface area contributed by atoms with Gasteiger partial charge < -0.3 is 15.9 Å². The summed E-state index contributed by atoms with van der Waals surface area (Å²) in [4.78, 5) is 13.4. The van der Waals surface area contributed by atoms with Gasteiger partial charge in [0, 0.05) is 41.0 Å². The molecule has 1 radical (unpaired) electrons. The maximum atomic E-state index is 11.4. The smallest absolute Gasteiger partial charge is 0.300 e. The van der Waals surface area contributed by atoms with Gasteiger partial charge in [-0.15, -0.1) is 19.7 Å². The van der Waals surface area contributed by atoms with Gasteiger partial charge >= 0.3 is 0 Å². The van der Waals surface area contributed by atoms with Crippen molar-refractivity contribution in [2.24, 2.45) is 20.5 Å². The third kappa shape index (κ3) is 9.08. The Morgan fingerprint density at radius 1 is 0.941 bits per heavy atom. The normalized spacial score (nSPS) is 11.5. The van der Waals surface area contributed by atoms with Crippen molar-refractivity contribution < 1.29 is 59.7 Å². The molecule has 267 valence electrons. The summed E-state index contributed by atoms with van der Waals surface area (Å²) in [6.45, 7) is 2.76. The number of aryl methyl sites for hydroxylation is 1. The number of nitrogen functional groups attached to an aromatic ring is 1. The number of nitrogens with zero attached hydrogens (tertiary/aromatic N) is 7. The molecule has 0 spiro atoms. The van der Waals surface area contributed by atoms with Gasteiger partial charge in [-0.3, -0.25) is 14.3 Å². The summed E-state index contributed by atoms with van der Waals surface area (Å²) in [5.41, 5.74) is 8.95. The summed E-state index contributed by atoms with van der Waals surface area (Å²) >= 11 is 0.623. The van der Waals surface area contributed by atoms with Crippen LogP contribution in [-0.4, -0.2) is 49.2 Å². The van der Waals surface area contributed by atoms with E-state index in [-0.39, 0.29) is 44.9 Å². The second-order valence-electron chi connectivity index (χ2n) is 10.2. The van der Waals surface area contributed by atoms with Crippen molar-refractivity contribution in [3.63, 3.8) is 0 Å². The van der Waals surface area contributed by atoms with E-state index in [9.17, 15) is 18.1 Å². The zero-order chi connectivity index (χ0) is 36.0. The van der Waals surface area contributed by atoms with Crippen molar-refractivity contribution in [2.45, 2.75) is 23.6 Å². The third-order valence-electron chi connectivity index (χ3n) is 6.77. The molecule has 20 heteroatoms. The minimum atomic E-state index is -4.36. The predicted molar refractivity (Wildman–Crippen MR) is 182 cm³/mol. The topological polar surface area (TPSA) is 257 Å². The van der Waals surface area contributed by atoms with Crippen LogP contribution in [0.1, 0.15) is 12.6 Å². The fourth-order valence-electron chi connectivity index (χ4n) is 4.60. The average molecular weight is 782 g/mol. The van der Waals surface area contributed by atoms with Crippen molar-refractivity contribution in [2.75, 3.05) is 5.73 Å². The van der Waals surface area contributed by atoms with E-state index in [0.717, 1.165) is 12.3 Å². The Kier molecular flexibility index (Phi) is 12.5. The van der Waals surface area contributed by atoms with E-state index in [0.29, 0.717) is 56.0 Å². The van der Waals surface area contributed by atoms with Gasteiger partial charge in [0.15, 0.2) is 17.3 Å². The van der Waals surface area contributed by atoms with Crippen LogP contribution in [0.15, 0.2) is 115 Å². The van der Waals surface area contributed by atoms with E-state index in [1.807, 2.05) is 24.3 Å². The Bertz CT molecular complexity index is 2380. The number of pyridine rings is 1. The number of azo groups is 2. The molecule has 0 aliphatic carbocycles. The Labute approximate surface area is 303 Å². The summed E-state index contributed by atoms with van der Waals surface area (Å²) < 4.78 is 38.0. The fraction of sp³-hybridized carbons (Fsp3) is 0.0645. The average Bonchev–Trinajstić information content (AvgIpc) is 3.37. The van der Waals surface area contributed by atoms with Gasteiger partial charge in [0.1, 0.15) is 11.4 Å². The number of carbonyl (C=O) groups is 1. The largest absolute Gasteiger partial charge is 0.505 e. The number of rotatable bonds is 9. The first kappa shape index (κ1) is 38.5. The number of aliphatic carboxylic acids is 1. The number of nitrogens with two attached hydrogens (primary N) is 1. The molecule has 6 aromatic rings. The molecule has 0 unspecified atom stereocenters. The standard InChI is InChI=1S/C29H22N8O7S2.C2H4O2.Cu/c1-16-25(29(30)37(36-16)20-9-11-21(12-10-20)46(40,41)42)34-32-19-8-7-18-14-24(45-44-43-39)27(28(38)22(18)15-19)35-33-23-6-2-4-17-5-3-13-31-26(17)23;1-2(3)4;/h2-15,38-39H,30H2,1H3,(H,40,41,42);1H3,(H,3,4);. The van der Waals surface area contributed by atoms with E-state index in [4.69, 9.17) is 20.9 Å². The first-order chi connectivity index (χ1) is 23.9. The van der Waals surface area contributed by atoms with Crippen LogP contribution in [0.25, 0.3) is 27.4 Å². The number of fused-ring (bicyclic) bond motifs is 2. The van der Waals surface area contributed by atoms with Crippen LogP contribution in [0.5, 0.6) is 5.75 Å². The van der Waals surface area contributed by atoms with Crippen LogP contribution in [0.4, 0.5) is 28.6 Å². The molecule has 0 aliphatic rings. The summed E-state index contributed by atoms with van der Waals surface area (Å²) in [6, 6.07) is 21.1. The molecule has 0 bridgehead atoms. The Balaban J connectivity index is 0.00000111. The zero-order valence-electron chi connectivity index (χ0n) is 26.2. The molecule has 2 aromatic heterocycles. The maximum Gasteiger partial charge on any atom is 0.300 e. The van der Waals surface area contributed by atoms with Crippen LogP contribution >= 0.6 is 12.0 Å². The van der Waals surface area contributed by atoms with Gasteiger partial charge in [-0.1, -0.05) is 29.3 Å². The molecular weight excluding hydrogens is 756 g/mol. The van der Waals surface area contributed by atoms with E-state index in [1.165, 1.54) is 28.9 Å². The predicted octanol–water partition coefficient (Wildman–Crippen LogP) is 7.76. The second kappa shape index (κ2) is 16.6. The molecule has 0 atom stereocenters. The number of hydrogen-bond donors (Lipinski definition) is 5. The first-order valence-electron chi connectivity index (χ1n) is 14.1. The van der Waals surface area contributed by atoms with Gasteiger partial charge in [-0.25, -0.2) is 9.94 Å². The summed E-state index contributed by atoms with van der Waals surface area (Å²) in [7, 11) is -4.36. The second-order valence-corrected chi connectivity index (χ2v) is 12.3. The number of phenolic OH excluding ortho intramolecular Hbond substituents is 1. The number of aromatic nitrogens is 3. The van der Waals surface area contributed by atoms with Crippen molar-refractivity contribution in [3.8, 4) is 11.4 Å². The molecule has 0 amide bonds. The van der Waals surface area contributed by atoms with Crippen LogP contribution in [0.3, 0.4) is 0 Å². The SMILES string of the molecule is CC(=O)O.Cc1nn(-c2ccc(S(=O)(=O)O)cc2)c(N)c1N=Nc1ccc2cc(SOOO)c(N=Nc3cccc4cccnc34)c(O)c2c1.[Cu]. The van der Waals surface area contributed by atoms with Crippen molar-refractivity contribution in [1.29, 1.82) is 0 Å². The van der Waals surface area contributed by atoms with Crippen molar-refractivity contribution in [3.05, 3.63) is 90.8 Å². The van der Waals surface area contributed by atoms with E-state index in [1.54, 1.807) is 43.5 Å². The van der Waals surface area contributed by atoms with Gasteiger partial charge in [-0.2, -0.15) is 18.6 Å². The number of anilines is 1. The van der Waals surface area contributed by atoms with Crippen molar-refractivity contribution >= 4 is 78.4 Å². The Morgan fingerprint density at radius 3 is 2.31 bits per heavy atom. The monoisotopic (exact) mass is 781 g/mol. The summed E-state index contributed by atoms with van der Waals surface area (Å²) in [6.07, 6.45) is 1.64. The van der Waals surface area contributed by atoms with E-state index in [2.05, 4.69) is 39.9 Å². The third-order valence-corrected chi connectivity index (χ3v) is 8.26. The molecule has 0 saturated heterocycles. The van der Waals surface area contributed by atoms with Crippen LogP contribution in [0, 0.1) is 6.92 Å². The molecule has 6 N–H and O–H groups in total.